The van der Waals surface area contributed by atoms with E-state index in [1.165, 1.54) is 4.68 Å². The Kier molecular flexibility index (Phi) is 5.32. The number of amides is 3. The van der Waals surface area contributed by atoms with Gasteiger partial charge in [0.15, 0.2) is 6.29 Å². The number of carbonyl (C=O) groups is 3. The first kappa shape index (κ1) is 16.9. The average molecular weight is 322 g/mol. The number of nitrogens with one attached hydrogen (secondary N) is 4. The normalized spacial score (nSPS) is 20.7. The summed E-state index contributed by atoms with van der Waals surface area (Å²) >= 11 is 0. The van der Waals surface area contributed by atoms with E-state index in [1.54, 1.807) is 19.9 Å². The third kappa shape index (κ3) is 4.07. The highest BCUT2D eigenvalue weighted by atomic mass is 16.2. The molecule has 3 amide bonds. The van der Waals surface area contributed by atoms with E-state index in [-0.39, 0.29) is 11.9 Å². The minimum absolute atomic E-state index is 0.0326. The zero-order chi connectivity index (χ0) is 17.0. The first-order chi connectivity index (χ1) is 10.9. The van der Waals surface area contributed by atoms with Gasteiger partial charge < -0.3 is 16.0 Å². The second kappa shape index (κ2) is 7.23. The molecule has 0 saturated carbocycles. The van der Waals surface area contributed by atoms with Gasteiger partial charge in [-0.15, -0.1) is 0 Å². The van der Waals surface area contributed by atoms with E-state index in [0.29, 0.717) is 24.5 Å². The fourth-order valence-corrected chi connectivity index (χ4v) is 2.37. The van der Waals surface area contributed by atoms with Crippen LogP contribution in [0.5, 0.6) is 0 Å². The molecule has 2 unspecified atom stereocenters. The molecule has 23 heavy (non-hydrogen) atoms. The van der Waals surface area contributed by atoms with Crippen molar-refractivity contribution in [1.82, 2.24) is 25.7 Å². The highest BCUT2D eigenvalue weighted by Gasteiger charge is 2.28. The topological polar surface area (TPSA) is 117 Å². The second-order valence-corrected chi connectivity index (χ2v) is 5.38. The molecule has 4 N–H and O–H groups in total. The highest BCUT2D eigenvalue weighted by molar-refractivity contribution is 6.39. The molecule has 1 saturated heterocycles. The lowest BCUT2D eigenvalue weighted by Gasteiger charge is -2.31. The van der Waals surface area contributed by atoms with Crippen molar-refractivity contribution in [3.63, 3.8) is 0 Å². The van der Waals surface area contributed by atoms with Crippen molar-refractivity contribution in [3.05, 3.63) is 11.8 Å². The number of hydrogen-bond acceptors (Lipinski definition) is 5. The summed E-state index contributed by atoms with van der Waals surface area (Å²) < 4.78 is 1.46. The third-order valence-corrected chi connectivity index (χ3v) is 3.50. The molecule has 0 aliphatic carbocycles. The summed E-state index contributed by atoms with van der Waals surface area (Å²) in [6.07, 6.45) is 0.623. The fourth-order valence-electron chi connectivity index (χ4n) is 2.37. The number of nitrogens with zero attached hydrogens (tertiary/aromatic N) is 2. The minimum Gasteiger partial charge on any atom is -0.348 e. The van der Waals surface area contributed by atoms with Crippen LogP contribution in [0.2, 0.25) is 0 Å². The van der Waals surface area contributed by atoms with Crippen LogP contribution in [0.1, 0.15) is 38.7 Å². The van der Waals surface area contributed by atoms with Gasteiger partial charge in [-0.2, -0.15) is 5.10 Å². The number of likely N-dealkylation sites (N-methyl/N-ethyl adjacent to an activating group) is 1. The van der Waals surface area contributed by atoms with E-state index >= 15 is 0 Å². The predicted molar refractivity (Wildman–Crippen MR) is 83.3 cm³/mol. The molecule has 1 aromatic rings. The quantitative estimate of drug-likeness (QED) is 0.563. The summed E-state index contributed by atoms with van der Waals surface area (Å²) in [4.78, 5) is 35.2. The lowest BCUT2D eigenvalue weighted by atomic mass is 10.1. The molecule has 0 radical (unpaired) electrons. The molecule has 1 aliphatic heterocycles. The van der Waals surface area contributed by atoms with Crippen molar-refractivity contribution >= 4 is 23.5 Å². The number of anilines is 1. The molecule has 2 atom stereocenters. The van der Waals surface area contributed by atoms with Crippen LogP contribution in [0.4, 0.5) is 5.82 Å². The summed E-state index contributed by atoms with van der Waals surface area (Å²) in [7, 11) is 0. The monoisotopic (exact) mass is 322 g/mol. The molecular weight excluding hydrogens is 300 g/mol. The lowest BCUT2D eigenvalue weighted by molar-refractivity contribution is -0.136. The van der Waals surface area contributed by atoms with Crippen molar-refractivity contribution in [2.75, 3.05) is 11.9 Å². The van der Waals surface area contributed by atoms with Gasteiger partial charge in [0.1, 0.15) is 5.82 Å². The summed E-state index contributed by atoms with van der Waals surface area (Å²) in [6.45, 7) is 5.84. The van der Waals surface area contributed by atoms with Gasteiger partial charge in [-0.1, -0.05) is 6.92 Å². The third-order valence-electron chi connectivity index (χ3n) is 3.50. The summed E-state index contributed by atoms with van der Waals surface area (Å²) in [5.41, 5.74) is 0.658. The zero-order valence-electron chi connectivity index (χ0n) is 13.5. The van der Waals surface area contributed by atoms with E-state index in [2.05, 4.69) is 26.4 Å². The average Bonchev–Trinajstić information content (AvgIpc) is 2.87. The molecule has 9 nitrogen and oxygen atoms in total. The molecule has 0 aromatic carbocycles. The molecule has 2 rings (SSSR count). The minimum atomic E-state index is -0.776. The Morgan fingerprint density at radius 1 is 1.39 bits per heavy atom. The molecule has 9 heteroatoms. The van der Waals surface area contributed by atoms with Gasteiger partial charge in [-0.25, -0.2) is 4.68 Å². The van der Waals surface area contributed by atoms with Gasteiger partial charge in [0, 0.05) is 25.1 Å². The maximum absolute atomic E-state index is 11.9. The van der Waals surface area contributed by atoms with Crippen LogP contribution in [-0.4, -0.2) is 40.1 Å². The molecular formula is C14H22N6O3. The summed E-state index contributed by atoms with van der Waals surface area (Å²) in [6, 6.07) is 1.67. The molecule has 1 aromatic heterocycles. The molecule has 0 bridgehead atoms. The van der Waals surface area contributed by atoms with Crippen LogP contribution >= 0.6 is 0 Å². The molecule has 1 aliphatic rings. The second-order valence-electron chi connectivity index (χ2n) is 5.38. The van der Waals surface area contributed by atoms with Crippen LogP contribution in [-0.2, 0) is 14.4 Å². The van der Waals surface area contributed by atoms with Crippen LogP contribution in [0.3, 0.4) is 0 Å². The Morgan fingerprint density at radius 2 is 2.13 bits per heavy atom. The SMILES string of the molecule is CCNC(=O)C(=O)Nc1cc(C)nn1C1NC(=O)CC(CC)N1. The maximum atomic E-state index is 11.9. The summed E-state index contributed by atoms with van der Waals surface area (Å²) in [5.74, 6) is -1.24. The van der Waals surface area contributed by atoms with Crippen molar-refractivity contribution < 1.29 is 14.4 Å². The van der Waals surface area contributed by atoms with E-state index in [1.807, 2.05) is 6.92 Å². The van der Waals surface area contributed by atoms with Gasteiger partial charge in [-0.05, 0) is 20.3 Å². The first-order valence-corrected chi connectivity index (χ1v) is 7.65. The van der Waals surface area contributed by atoms with Crippen LogP contribution in [0.25, 0.3) is 0 Å². The smallest absolute Gasteiger partial charge is 0.314 e. The Morgan fingerprint density at radius 3 is 2.78 bits per heavy atom. The van der Waals surface area contributed by atoms with E-state index in [4.69, 9.17) is 0 Å². The number of aryl methyl sites for hydroxylation is 1. The maximum Gasteiger partial charge on any atom is 0.314 e. The molecule has 0 spiro atoms. The largest absolute Gasteiger partial charge is 0.348 e. The van der Waals surface area contributed by atoms with E-state index in [0.717, 1.165) is 6.42 Å². The summed E-state index contributed by atoms with van der Waals surface area (Å²) in [5, 5.41) is 15.3. The van der Waals surface area contributed by atoms with Gasteiger partial charge in [0.05, 0.1) is 5.69 Å². The number of aromatic nitrogens is 2. The first-order valence-electron chi connectivity index (χ1n) is 7.65. The zero-order valence-corrected chi connectivity index (χ0v) is 13.5. The number of carbonyl (C=O) groups excluding carboxylic acids is 3. The van der Waals surface area contributed by atoms with Crippen molar-refractivity contribution in [2.45, 2.75) is 45.9 Å². The van der Waals surface area contributed by atoms with Gasteiger partial charge in [0.2, 0.25) is 5.91 Å². The van der Waals surface area contributed by atoms with Crippen LogP contribution in [0.15, 0.2) is 6.07 Å². The van der Waals surface area contributed by atoms with Crippen LogP contribution in [0, 0.1) is 6.92 Å². The molecule has 2 heterocycles. The van der Waals surface area contributed by atoms with Crippen molar-refractivity contribution in [1.29, 1.82) is 0 Å². The Balaban J connectivity index is 2.18. The standard InChI is InChI=1S/C14H22N6O3/c1-4-9-7-11(21)18-14(16-9)20-10(6-8(3)19-20)17-13(23)12(22)15-5-2/h6,9,14,16H,4-5,7H2,1-3H3,(H,15,22)(H,17,23)(H,18,21). The van der Waals surface area contributed by atoms with Crippen molar-refractivity contribution in [3.8, 4) is 0 Å². The van der Waals surface area contributed by atoms with E-state index < -0.39 is 18.1 Å². The molecule has 1 fully saturated rings. The molecule has 126 valence electrons. The number of hydrogen-bond donors (Lipinski definition) is 4. The Bertz CT molecular complexity index is 612. The Hall–Kier alpha value is -2.42. The van der Waals surface area contributed by atoms with Gasteiger partial charge >= 0.3 is 11.8 Å². The highest BCUT2D eigenvalue weighted by Crippen LogP contribution is 2.18. The predicted octanol–water partition coefficient (Wildman–Crippen LogP) is -0.390. The van der Waals surface area contributed by atoms with Gasteiger partial charge in [0.25, 0.3) is 0 Å². The van der Waals surface area contributed by atoms with Gasteiger partial charge in [-0.3, -0.25) is 19.7 Å². The van der Waals surface area contributed by atoms with E-state index in [9.17, 15) is 14.4 Å². The lowest BCUT2D eigenvalue weighted by Crippen LogP contribution is -2.53. The van der Waals surface area contributed by atoms with Crippen molar-refractivity contribution in [2.24, 2.45) is 0 Å². The Labute approximate surface area is 134 Å². The van der Waals surface area contributed by atoms with Crippen LogP contribution < -0.4 is 21.3 Å². The number of rotatable bonds is 4. The fraction of sp³-hybridized carbons (Fsp3) is 0.571.